The van der Waals surface area contributed by atoms with E-state index >= 15 is 0 Å². The molecule has 1 aromatic heterocycles. The summed E-state index contributed by atoms with van der Waals surface area (Å²) in [6.45, 7) is 4.38. The summed E-state index contributed by atoms with van der Waals surface area (Å²) in [5.41, 5.74) is 7.63. The van der Waals surface area contributed by atoms with Crippen LogP contribution in [0.25, 0.3) is 0 Å². The molecule has 0 saturated carbocycles. The highest BCUT2D eigenvalue weighted by molar-refractivity contribution is 9.13. The number of thiophene rings is 1. The Morgan fingerprint density at radius 1 is 1.17 bits per heavy atom. The molecule has 0 saturated heterocycles. The molecule has 0 fully saturated rings. The molecule has 0 aliphatic heterocycles. The van der Waals surface area contributed by atoms with Crippen LogP contribution in [0.1, 0.15) is 30.3 Å². The maximum absolute atomic E-state index is 6.46. The second-order valence-electron chi connectivity index (χ2n) is 4.84. The van der Waals surface area contributed by atoms with Crippen molar-refractivity contribution in [2.24, 2.45) is 5.73 Å². The fraction of sp³-hybridized carbons (Fsp3) is 0.286. The van der Waals surface area contributed by atoms with Crippen molar-refractivity contribution in [1.82, 2.24) is 0 Å². The van der Waals surface area contributed by atoms with Crippen molar-refractivity contribution < 1.29 is 0 Å². The van der Waals surface area contributed by atoms with Crippen molar-refractivity contribution in [3.63, 3.8) is 0 Å². The standard InChI is InChI=1S/C14H15Br2NS/c1-14(2,9-6-4-3-5-7-9)12(17)11-8-10(15)13(16)18-11/h3-8,12H,17H2,1-2H3. The van der Waals surface area contributed by atoms with Crippen molar-refractivity contribution in [2.75, 3.05) is 0 Å². The first-order valence-electron chi connectivity index (χ1n) is 5.68. The lowest BCUT2D eigenvalue weighted by atomic mass is 9.77. The van der Waals surface area contributed by atoms with Gasteiger partial charge in [0.25, 0.3) is 0 Å². The number of nitrogens with two attached hydrogens (primary N) is 1. The highest BCUT2D eigenvalue weighted by atomic mass is 79.9. The zero-order valence-corrected chi connectivity index (χ0v) is 14.3. The molecule has 1 aromatic carbocycles. The van der Waals surface area contributed by atoms with Crippen molar-refractivity contribution in [3.05, 3.63) is 55.1 Å². The number of benzene rings is 1. The SMILES string of the molecule is CC(C)(c1ccccc1)C(N)c1cc(Br)c(Br)s1. The first-order chi connectivity index (χ1) is 8.43. The van der Waals surface area contributed by atoms with Crippen LogP contribution in [0.3, 0.4) is 0 Å². The number of halogens is 2. The first-order valence-corrected chi connectivity index (χ1v) is 8.09. The minimum Gasteiger partial charge on any atom is -0.323 e. The second kappa shape index (κ2) is 5.45. The molecule has 1 unspecified atom stereocenters. The summed E-state index contributed by atoms with van der Waals surface area (Å²) in [5.74, 6) is 0. The zero-order chi connectivity index (χ0) is 13.3. The Labute approximate surface area is 129 Å². The molecule has 2 rings (SSSR count). The predicted octanol–water partition coefficient (Wildman–Crippen LogP) is 5.25. The van der Waals surface area contributed by atoms with Gasteiger partial charge in [-0.15, -0.1) is 11.3 Å². The summed E-state index contributed by atoms with van der Waals surface area (Å²) in [7, 11) is 0. The Morgan fingerprint density at radius 3 is 2.28 bits per heavy atom. The molecule has 2 aromatic rings. The van der Waals surface area contributed by atoms with E-state index in [-0.39, 0.29) is 11.5 Å². The molecule has 18 heavy (non-hydrogen) atoms. The van der Waals surface area contributed by atoms with Crippen LogP contribution in [0.5, 0.6) is 0 Å². The minimum atomic E-state index is -0.0923. The monoisotopic (exact) mass is 387 g/mol. The van der Waals surface area contributed by atoms with Crippen LogP contribution < -0.4 is 5.73 Å². The van der Waals surface area contributed by atoms with Crippen LogP contribution in [0, 0.1) is 0 Å². The van der Waals surface area contributed by atoms with Gasteiger partial charge in [-0.2, -0.15) is 0 Å². The molecule has 2 N–H and O–H groups in total. The molecular weight excluding hydrogens is 374 g/mol. The Bertz CT molecular complexity index is 514. The third-order valence-corrected chi connectivity index (χ3v) is 6.61. The van der Waals surface area contributed by atoms with Crippen molar-refractivity contribution in [1.29, 1.82) is 0 Å². The fourth-order valence-corrected chi connectivity index (χ4v) is 4.20. The normalized spacial score (nSPS) is 13.6. The average molecular weight is 389 g/mol. The van der Waals surface area contributed by atoms with E-state index in [1.807, 2.05) is 6.07 Å². The van der Waals surface area contributed by atoms with Crippen LogP contribution in [0.4, 0.5) is 0 Å². The van der Waals surface area contributed by atoms with Gasteiger partial charge in [0.05, 0.1) is 3.79 Å². The third kappa shape index (κ3) is 2.72. The molecule has 96 valence electrons. The van der Waals surface area contributed by atoms with Gasteiger partial charge in [-0.3, -0.25) is 0 Å². The van der Waals surface area contributed by atoms with E-state index in [4.69, 9.17) is 5.73 Å². The molecule has 0 aliphatic rings. The summed E-state index contributed by atoms with van der Waals surface area (Å²) in [6.07, 6.45) is 0. The Kier molecular flexibility index (Phi) is 4.32. The molecule has 0 spiro atoms. The van der Waals surface area contributed by atoms with Gasteiger partial charge in [-0.05, 0) is 43.5 Å². The molecule has 1 nitrogen and oxygen atoms in total. The number of hydrogen-bond donors (Lipinski definition) is 1. The van der Waals surface area contributed by atoms with Crippen LogP contribution in [-0.2, 0) is 5.41 Å². The molecule has 0 radical (unpaired) electrons. The van der Waals surface area contributed by atoms with Gasteiger partial charge in [0.1, 0.15) is 0 Å². The van der Waals surface area contributed by atoms with Gasteiger partial charge in [0, 0.05) is 20.8 Å². The van der Waals surface area contributed by atoms with E-state index in [2.05, 4.69) is 76.0 Å². The predicted molar refractivity (Wildman–Crippen MR) is 86.1 cm³/mol. The van der Waals surface area contributed by atoms with Crippen molar-refractivity contribution in [3.8, 4) is 0 Å². The molecule has 1 atom stereocenters. The maximum atomic E-state index is 6.46. The molecule has 0 amide bonds. The summed E-state index contributed by atoms with van der Waals surface area (Å²) < 4.78 is 2.17. The van der Waals surface area contributed by atoms with Gasteiger partial charge in [-0.1, -0.05) is 44.2 Å². The maximum Gasteiger partial charge on any atom is 0.0843 e. The van der Waals surface area contributed by atoms with Crippen LogP contribution in [0.2, 0.25) is 0 Å². The quantitative estimate of drug-likeness (QED) is 0.763. The van der Waals surface area contributed by atoms with Crippen LogP contribution in [-0.4, -0.2) is 0 Å². The Morgan fingerprint density at radius 2 is 1.78 bits per heavy atom. The zero-order valence-electron chi connectivity index (χ0n) is 10.3. The molecule has 1 heterocycles. The van der Waals surface area contributed by atoms with E-state index in [0.717, 1.165) is 8.26 Å². The molecular formula is C14H15Br2NS. The highest BCUT2D eigenvalue weighted by Gasteiger charge is 2.31. The van der Waals surface area contributed by atoms with Gasteiger partial charge < -0.3 is 5.73 Å². The average Bonchev–Trinajstić information content (AvgIpc) is 2.69. The largest absolute Gasteiger partial charge is 0.323 e. The van der Waals surface area contributed by atoms with Crippen molar-refractivity contribution in [2.45, 2.75) is 25.3 Å². The smallest absolute Gasteiger partial charge is 0.0843 e. The molecule has 0 aliphatic carbocycles. The van der Waals surface area contributed by atoms with E-state index in [9.17, 15) is 0 Å². The van der Waals surface area contributed by atoms with E-state index in [0.29, 0.717) is 0 Å². The summed E-state index contributed by atoms with van der Waals surface area (Å²) in [5, 5.41) is 0. The first kappa shape index (κ1) is 14.3. The lowest BCUT2D eigenvalue weighted by Gasteiger charge is -2.31. The van der Waals surface area contributed by atoms with Gasteiger partial charge >= 0.3 is 0 Å². The van der Waals surface area contributed by atoms with Gasteiger partial charge in [0.2, 0.25) is 0 Å². The lowest BCUT2D eigenvalue weighted by Crippen LogP contribution is -2.32. The fourth-order valence-electron chi connectivity index (χ4n) is 1.92. The summed E-state index contributed by atoms with van der Waals surface area (Å²) in [4.78, 5) is 1.18. The third-order valence-electron chi connectivity index (χ3n) is 3.27. The summed E-state index contributed by atoms with van der Waals surface area (Å²) >= 11 is 8.73. The van der Waals surface area contributed by atoms with Crippen molar-refractivity contribution >= 4 is 43.2 Å². The molecule has 4 heteroatoms. The number of rotatable bonds is 3. The highest BCUT2D eigenvalue weighted by Crippen LogP contribution is 2.41. The number of hydrogen-bond acceptors (Lipinski definition) is 2. The topological polar surface area (TPSA) is 26.0 Å². The van der Waals surface area contributed by atoms with E-state index < -0.39 is 0 Å². The van der Waals surface area contributed by atoms with Gasteiger partial charge in [0.15, 0.2) is 0 Å². The Hall–Kier alpha value is -0.160. The lowest BCUT2D eigenvalue weighted by molar-refractivity contribution is 0.426. The minimum absolute atomic E-state index is 0.0208. The van der Waals surface area contributed by atoms with E-state index in [1.54, 1.807) is 11.3 Å². The molecule has 0 bridgehead atoms. The van der Waals surface area contributed by atoms with Crippen LogP contribution >= 0.6 is 43.2 Å². The summed E-state index contributed by atoms with van der Waals surface area (Å²) in [6, 6.07) is 12.5. The van der Waals surface area contributed by atoms with E-state index in [1.165, 1.54) is 10.4 Å². The second-order valence-corrected chi connectivity index (χ2v) is 8.09. The van der Waals surface area contributed by atoms with Gasteiger partial charge in [-0.25, -0.2) is 0 Å². The Balaban J connectivity index is 2.35. The van der Waals surface area contributed by atoms with Crippen LogP contribution in [0.15, 0.2) is 44.7 Å².